The van der Waals surface area contributed by atoms with Gasteiger partial charge in [-0.2, -0.15) is 15.4 Å². The normalized spacial score (nSPS) is 21.2. The van der Waals surface area contributed by atoms with Crippen LogP contribution in [0.15, 0.2) is 30.5 Å². The van der Waals surface area contributed by atoms with Gasteiger partial charge >= 0.3 is 0 Å². The van der Waals surface area contributed by atoms with Crippen molar-refractivity contribution >= 4 is 17.5 Å². The van der Waals surface area contributed by atoms with Crippen LogP contribution in [-0.4, -0.2) is 51.0 Å². The Kier molecular flexibility index (Phi) is 4.49. The minimum absolute atomic E-state index is 0.102. The molecule has 0 radical (unpaired) electrons. The van der Waals surface area contributed by atoms with E-state index < -0.39 is 5.60 Å². The van der Waals surface area contributed by atoms with Crippen LogP contribution in [0.1, 0.15) is 18.5 Å². The van der Waals surface area contributed by atoms with Gasteiger partial charge in [0.15, 0.2) is 6.61 Å². The largest absolute Gasteiger partial charge is 0.484 e. The molecule has 1 unspecified atom stereocenters. The topological polar surface area (TPSA) is 91.3 Å². The number of carbonyl (C=O) groups excluding carboxylic acids is 1. The Hall–Kier alpha value is -2.12. The lowest BCUT2D eigenvalue weighted by Gasteiger charge is -2.37. The zero-order valence-electron chi connectivity index (χ0n) is 12.4. The van der Waals surface area contributed by atoms with Gasteiger partial charge in [-0.25, -0.2) is 0 Å². The molecular weight excluding hydrogens is 320 g/mol. The zero-order chi connectivity index (χ0) is 16.3. The SMILES string of the molecule is O=C(COc1cccc(Cl)c1)N1CCCC(O)(c2cn[nH]n2)C1. The highest BCUT2D eigenvalue weighted by atomic mass is 35.5. The Bertz CT molecular complexity index is 679. The molecular formula is C15H17ClN4O3. The molecule has 1 aromatic heterocycles. The average Bonchev–Trinajstić information content (AvgIpc) is 3.08. The van der Waals surface area contributed by atoms with Crippen molar-refractivity contribution in [3.63, 3.8) is 0 Å². The van der Waals surface area contributed by atoms with Crippen molar-refractivity contribution in [3.05, 3.63) is 41.2 Å². The molecule has 1 atom stereocenters. The number of hydrogen-bond donors (Lipinski definition) is 2. The summed E-state index contributed by atoms with van der Waals surface area (Å²) < 4.78 is 5.47. The van der Waals surface area contributed by atoms with E-state index in [4.69, 9.17) is 16.3 Å². The lowest BCUT2D eigenvalue weighted by atomic mass is 9.90. The van der Waals surface area contributed by atoms with Gasteiger partial charge in [0.1, 0.15) is 17.0 Å². The molecule has 1 saturated heterocycles. The summed E-state index contributed by atoms with van der Waals surface area (Å²) in [6, 6.07) is 6.88. The van der Waals surface area contributed by atoms with Gasteiger partial charge in [-0.15, -0.1) is 0 Å². The number of benzene rings is 1. The molecule has 1 fully saturated rings. The number of aromatic nitrogens is 3. The van der Waals surface area contributed by atoms with Gasteiger partial charge in [0.05, 0.1) is 12.7 Å². The second-order valence-corrected chi connectivity index (χ2v) is 5.99. The van der Waals surface area contributed by atoms with Gasteiger partial charge < -0.3 is 14.7 Å². The fourth-order valence-corrected chi connectivity index (χ4v) is 2.86. The lowest BCUT2D eigenvalue weighted by Crippen LogP contribution is -2.50. The highest BCUT2D eigenvalue weighted by Gasteiger charge is 2.38. The maximum absolute atomic E-state index is 12.3. The Morgan fingerprint density at radius 2 is 2.39 bits per heavy atom. The molecule has 1 aromatic carbocycles. The third-order valence-electron chi connectivity index (χ3n) is 3.87. The number of aromatic amines is 1. The number of amides is 1. The van der Waals surface area contributed by atoms with E-state index in [9.17, 15) is 9.90 Å². The van der Waals surface area contributed by atoms with Gasteiger partial charge in [-0.3, -0.25) is 4.79 Å². The maximum Gasteiger partial charge on any atom is 0.260 e. The van der Waals surface area contributed by atoms with Gasteiger partial charge in [-0.05, 0) is 31.0 Å². The number of likely N-dealkylation sites (tertiary alicyclic amines) is 1. The summed E-state index contributed by atoms with van der Waals surface area (Å²) in [5, 5.41) is 21.4. The van der Waals surface area contributed by atoms with Crippen LogP contribution in [0.4, 0.5) is 0 Å². The molecule has 0 aliphatic carbocycles. The first-order valence-electron chi connectivity index (χ1n) is 7.32. The van der Waals surface area contributed by atoms with E-state index in [1.54, 1.807) is 29.2 Å². The third kappa shape index (κ3) is 3.62. The third-order valence-corrected chi connectivity index (χ3v) is 4.11. The number of H-pyrrole nitrogens is 1. The molecule has 1 amide bonds. The number of ether oxygens (including phenoxy) is 1. The predicted octanol–water partition coefficient (Wildman–Crippen LogP) is 1.35. The number of rotatable bonds is 4. The molecule has 2 N–H and O–H groups in total. The molecule has 23 heavy (non-hydrogen) atoms. The first kappa shape index (κ1) is 15.8. The van der Waals surface area contributed by atoms with E-state index >= 15 is 0 Å². The second kappa shape index (κ2) is 6.55. The standard InChI is InChI=1S/C15H17ClN4O3/c16-11-3-1-4-12(7-11)23-9-14(21)20-6-2-5-15(22,10-20)13-8-17-19-18-13/h1,3-4,7-8,22H,2,5-6,9-10H2,(H,17,18,19). The number of hydrogen-bond acceptors (Lipinski definition) is 5. The fourth-order valence-electron chi connectivity index (χ4n) is 2.68. The summed E-state index contributed by atoms with van der Waals surface area (Å²) >= 11 is 5.88. The smallest absolute Gasteiger partial charge is 0.260 e. The monoisotopic (exact) mass is 336 g/mol. The Labute approximate surface area is 138 Å². The van der Waals surface area contributed by atoms with Crippen LogP contribution >= 0.6 is 11.6 Å². The van der Waals surface area contributed by atoms with Crippen molar-refractivity contribution in [2.75, 3.05) is 19.7 Å². The maximum atomic E-state index is 12.3. The number of halogens is 1. The number of carbonyl (C=O) groups is 1. The zero-order valence-corrected chi connectivity index (χ0v) is 13.2. The van der Waals surface area contributed by atoms with Crippen molar-refractivity contribution < 1.29 is 14.6 Å². The predicted molar refractivity (Wildman–Crippen MR) is 83.0 cm³/mol. The number of aliphatic hydroxyl groups is 1. The van der Waals surface area contributed by atoms with Crippen LogP contribution in [0.5, 0.6) is 5.75 Å². The fraction of sp³-hybridized carbons (Fsp3) is 0.400. The molecule has 8 heteroatoms. The van der Waals surface area contributed by atoms with Crippen molar-refractivity contribution in [2.24, 2.45) is 0 Å². The van der Waals surface area contributed by atoms with Gasteiger partial charge in [-0.1, -0.05) is 17.7 Å². The molecule has 1 aliphatic rings. The van der Waals surface area contributed by atoms with Crippen LogP contribution in [0, 0.1) is 0 Å². The first-order chi connectivity index (χ1) is 11.1. The Balaban J connectivity index is 1.61. The van der Waals surface area contributed by atoms with E-state index in [1.807, 2.05) is 0 Å². The summed E-state index contributed by atoms with van der Waals surface area (Å²) in [6.45, 7) is 0.657. The van der Waals surface area contributed by atoms with Crippen LogP contribution in [0.3, 0.4) is 0 Å². The highest BCUT2D eigenvalue weighted by molar-refractivity contribution is 6.30. The number of β-amino-alcohol motifs (C(OH)–C–C–N with tert-alkyl or cyclic N) is 1. The quantitative estimate of drug-likeness (QED) is 0.879. The van der Waals surface area contributed by atoms with Gasteiger partial charge in [0.25, 0.3) is 5.91 Å². The van der Waals surface area contributed by atoms with Crippen molar-refractivity contribution in [1.29, 1.82) is 0 Å². The highest BCUT2D eigenvalue weighted by Crippen LogP contribution is 2.29. The second-order valence-electron chi connectivity index (χ2n) is 5.55. The summed E-state index contributed by atoms with van der Waals surface area (Å²) in [5.41, 5.74) is -0.720. The summed E-state index contributed by atoms with van der Waals surface area (Å²) in [6.07, 6.45) is 2.71. The Morgan fingerprint density at radius 3 is 3.13 bits per heavy atom. The van der Waals surface area contributed by atoms with E-state index in [2.05, 4.69) is 15.4 Å². The van der Waals surface area contributed by atoms with Crippen molar-refractivity contribution in [3.8, 4) is 5.75 Å². The van der Waals surface area contributed by atoms with E-state index in [-0.39, 0.29) is 19.1 Å². The van der Waals surface area contributed by atoms with Crippen molar-refractivity contribution in [2.45, 2.75) is 18.4 Å². The van der Waals surface area contributed by atoms with E-state index in [0.29, 0.717) is 35.9 Å². The van der Waals surface area contributed by atoms with Crippen LogP contribution < -0.4 is 4.74 Å². The molecule has 2 aromatic rings. The minimum atomic E-state index is -1.17. The molecule has 0 saturated carbocycles. The number of nitrogens with one attached hydrogen (secondary N) is 1. The number of nitrogens with zero attached hydrogens (tertiary/aromatic N) is 3. The van der Waals surface area contributed by atoms with E-state index in [1.165, 1.54) is 6.20 Å². The van der Waals surface area contributed by atoms with Crippen LogP contribution in [0.2, 0.25) is 5.02 Å². The van der Waals surface area contributed by atoms with Gasteiger partial charge in [0, 0.05) is 11.6 Å². The molecule has 1 aliphatic heterocycles. The molecule has 0 spiro atoms. The van der Waals surface area contributed by atoms with Gasteiger partial charge in [0.2, 0.25) is 0 Å². The molecule has 0 bridgehead atoms. The molecule has 2 heterocycles. The summed E-state index contributed by atoms with van der Waals surface area (Å²) in [7, 11) is 0. The molecule has 122 valence electrons. The molecule has 3 rings (SSSR count). The van der Waals surface area contributed by atoms with E-state index in [0.717, 1.165) is 0 Å². The summed E-state index contributed by atoms with van der Waals surface area (Å²) in [4.78, 5) is 13.9. The van der Waals surface area contributed by atoms with Crippen molar-refractivity contribution in [1.82, 2.24) is 20.3 Å². The number of piperidine rings is 1. The lowest BCUT2D eigenvalue weighted by molar-refractivity contribution is -0.141. The van der Waals surface area contributed by atoms with Crippen LogP contribution in [0.25, 0.3) is 0 Å². The van der Waals surface area contributed by atoms with Crippen LogP contribution in [-0.2, 0) is 10.4 Å². The average molecular weight is 337 g/mol. The Morgan fingerprint density at radius 1 is 1.52 bits per heavy atom. The first-order valence-corrected chi connectivity index (χ1v) is 7.69. The molecule has 7 nitrogen and oxygen atoms in total. The minimum Gasteiger partial charge on any atom is -0.484 e. The summed E-state index contributed by atoms with van der Waals surface area (Å²) in [5.74, 6) is 0.348.